The van der Waals surface area contributed by atoms with Crippen LogP contribution in [0.15, 0.2) is 0 Å². The highest BCUT2D eigenvalue weighted by Crippen LogP contribution is 2.31. The molecule has 0 saturated heterocycles. The fraction of sp³-hybridized carbons (Fsp3) is 0.684. The number of carbonyl (C=O) groups is 2. The van der Waals surface area contributed by atoms with Gasteiger partial charge in [-0.3, -0.25) is 25.6 Å². The van der Waals surface area contributed by atoms with Crippen LogP contribution in [0.1, 0.15) is 57.8 Å². The third-order valence-electron chi connectivity index (χ3n) is 5.82. The van der Waals surface area contributed by atoms with Crippen LogP contribution in [0.25, 0.3) is 0 Å². The summed E-state index contributed by atoms with van der Waals surface area (Å²) in [6.45, 7) is -0.144. The van der Waals surface area contributed by atoms with Gasteiger partial charge in [-0.05, 0) is 36.8 Å². The summed E-state index contributed by atoms with van der Waals surface area (Å²) in [5, 5.41) is 12.9. The van der Waals surface area contributed by atoms with Crippen molar-refractivity contribution in [1.29, 1.82) is 0 Å². The van der Waals surface area contributed by atoms with E-state index < -0.39 is 17.6 Å². The quantitative estimate of drug-likeness (QED) is 0.190. The standard InChI is InChI=1S/C19H28ClFN6O3/c20-19-23-16(22-14-7-3-4-8-14)15(21)17(24-19)25-26-18(29)13(10-27(30)11-28)9-12-5-1-2-6-12/h11-14,30H,1-10H2,(H,26,29)(H2,22,23,24,25). The Kier molecular flexibility index (Phi) is 8.03. The predicted octanol–water partition coefficient (Wildman–Crippen LogP) is 3.11. The second kappa shape index (κ2) is 10.7. The number of hydrogen-bond donors (Lipinski definition) is 4. The summed E-state index contributed by atoms with van der Waals surface area (Å²) in [4.78, 5) is 31.2. The Morgan fingerprint density at radius 2 is 1.83 bits per heavy atom. The number of hydroxylamine groups is 2. The van der Waals surface area contributed by atoms with Crippen LogP contribution in [-0.2, 0) is 9.59 Å². The van der Waals surface area contributed by atoms with E-state index in [2.05, 4.69) is 26.1 Å². The summed E-state index contributed by atoms with van der Waals surface area (Å²) in [5.74, 6) is -1.76. The molecule has 2 amide bonds. The minimum Gasteiger partial charge on any atom is -0.365 e. The van der Waals surface area contributed by atoms with Crippen molar-refractivity contribution in [1.82, 2.24) is 20.5 Å². The summed E-state index contributed by atoms with van der Waals surface area (Å²) in [7, 11) is 0. The number of nitrogens with zero attached hydrogens (tertiary/aromatic N) is 3. The Balaban J connectivity index is 1.64. The molecule has 4 N–H and O–H groups in total. The van der Waals surface area contributed by atoms with Gasteiger partial charge in [0.2, 0.25) is 23.4 Å². The molecule has 2 aliphatic carbocycles. The third-order valence-corrected chi connectivity index (χ3v) is 5.99. The first-order valence-electron chi connectivity index (χ1n) is 10.4. The van der Waals surface area contributed by atoms with E-state index >= 15 is 0 Å². The van der Waals surface area contributed by atoms with E-state index in [4.69, 9.17) is 11.6 Å². The molecule has 2 fully saturated rings. The molecule has 166 valence electrons. The zero-order chi connectivity index (χ0) is 21.5. The molecule has 30 heavy (non-hydrogen) atoms. The summed E-state index contributed by atoms with van der Waals surface area (Å²) in [6, 6.07) is 0.127. The Labute approximate surface area is 179 Å². The molecule has 11 heteroatoms. The lowest BCUT2D eigenvalue weighted by Crippen LogP contribution is -2.41. The second-order valence-electron chi connectivity index (χ2n) is 8.05. The van der Waals surface area contributed by atoms with Gasteiger partial charge in [-0.1, -0.05) is 38.5 Å². The minimum atomic E-state index is -0.740. The Bertz CT molecular complexity index is 743. The molecule has 0 aliphatic heterocycles. The Hall–Kier alpha value is -2.20. The highest BCUT2D eigenvalue weighted by molar-refractivity contribution is 6.28. The van der Waals surface area contributed by atoms with Crippen LogP contribution in [0.2, 0.25) is 5.28 Å². The number of amides is 2. The van der Waals surface area contributed by atoms with Crippen molar-refractivity contribution in [3.05, 3.63) is 11.1 Å². The predicted molar refractivity (Wildman–Crippen MR) is 109 cm³/mol. The van der Waals surface area contributed by atoms with Gasteiger partial charge in [-0.2, -0.15) is 14.4 Å². The van der Waals surface area contributed by atoms with E-state index in [0.29, 0.717) is 17.4 Å². The van der Waals surface area contributed by atoms with E-state index in [9.17, 15) is 19.2 Å². The first-order chi connectivity index (χ1) is 14.5. The van der Waals surface area contributed by atoms with Crippen molar-refractivity contribution in [2.75, 3.05) is 17.3 Å². The van der Waals surface area contributed by atoms with Crippen LogP contribution in [-0.4, -0.2) is 45.1 Å². The van der Waals surface area contributed by atoms with Gasteiger partial charge in [0.1, 0.15) is 0 Å². The number of hydrogen-bond acceptors (Lipinski definition) is 7. The lowest BCUT2D eigenvalue weighted by atomic mass is 9.92. The van der Waals surface area contributed by atoms with Crippen LogP contribution in [0.3, 0.4) is 0 Å². The van der Waals surface area contributed by atoms with Gasteiger partial charge in [-0.25, -0.2) is 5.06 Å². The maximum Gasteiger partial charge on any atom is 0.243 e. The van der Waals surface area contributed by atoms with E-state index in [1.807, 2.05) is 0 Å². The SMILES string of the molecule is O=CN(O)CC(CC1CCCC1)C(=O)NNc1nc(Cl)nc(NC2CCCC2)c1F. The number of rotatable bonds is 10. The van der Waals surface area contributed by atoms with Crippen molar-refractivity contribution in [2.24, 2.45) is 11.8 Å². The van der Waals surface area contributed by atoms with Gasteiger partial charge in [0.25, 0.3) is 0 Å². The average molecular weight is 443 g/mol. The first kappa shape index (κ1) is 22.5. The third kappa shape index (κ3) is 6.15. The number of nitrogens with one attached hydrogen (secondary N) is 3. The molecule has 2 saturated carbocycles. The highest BCUT2D eigenvalue weighted by Gasteiger charge is 2.27. The van der Waals surface area contributed by atoms with Crippen LogP contribution < -0.4 is 16.2 Å². The van der Waals surface area contributed by atoms with Crippen molar-refractivity contribution in [3.8, 4) is 0 Å². The van der Waals surface area contributed by atoms with Gasteiger partial charge < -0.3 is 5.32 Å². The fourth-order valence-electron chi connectivity index (χ4n) is 4.27. The van der Waals surface area contributed by atoms with Gasteiger partial charge in [-0.15, -0.1) is 0 Å². The maximum atomic E-state index is 14.8. The molecule has 1 aromatic rings. The van der Waals surface area contributed by atoms with Gasteiger partial charge >= 0.3 is 0 Å². The van der Waals surface area contributed by atoms with E-state index in [1.165, 1.54) is 0 Å². The number of hydrazine groups is 1. The van der Waals surface area contributed by atoms with Crippen molar-refractivity contribution >= 4 is 35.6 Å². The molecule has 0 radical (unpaired) electrons. The normalized spacial score (nSPS) is 18.2. The molecule has 0 spiro atoms. The summed E-state index contributed by atoms with van der Waals surface area (Å²) in [6.07, 6.45) is 9.02. The fourth-order valence-corrected chi connectivity index (χ4v) is 4.44. The maximum absolute atomic E-state index is 14.8. The van der Waals surface area contributed by atoms with Crippen molar-refractivity contribution < 1.29 is 19.2 Å². The van der Waals surface area contributed by atoms with Gasteiger partial charge in [0, 0.05) is 6.04 Å². The lowest BCUT2D eigenvalue weighted by Gasteiger charge is -2.22. The zero-order valence-electron chi connectivity index (χ0n) is 16.7. The highest BCUT2D eigenvalue weighted by atomic mass is 35.5. The Morgan fingerprint density at radius 1 is 1.20 bits per heavy atom. The van der Waals surface area contributed by atoms with E-state index in [0.717, 1.165) is 51.4 Å². The van der Waals surface area contributed by atoms with Crippen LogP contribution in [0.5, 0.6) is 0 Å². The number of anilines is 2. The smallest absolute Gasteiger partial charge is 0.243 e. The molecule has 3 rings (SSSR count). The second-order valence-corrected chi connectivity index (χ2v) is 8.39. The molecular formula is C19H28ClFN6O3. The van der Waals surface area contributed by atoms with Crippen LogP contribution >= 0.6 is 11.6 Å². The topological polar surface area (TPSA) is 119 Å². The lowest BCUT2D eigenvalue weighted by molar-refractivity contribution is -0.154. The first-order valence-corrected chi connectivity index (χ1v) is 10.8. The van der Waals surface area contributed by atoms with Gasteiger partial charge in [0.05, 0.1) is 12.5 Å². The summed E-state index contributed by atoms with van der Waals surface area (Å²) >= 11 is 5.93. The minimum absolute atomic E-state index is 0.0105. The molecule has 1 atom stereocenters. The average Bonchev–Trinajstić information content (AvgIpc) is 3.42. The number of aromatic nitrogens is 2. The zero-order valence-corrected chi connectivity index (χ0v) is 17.5. The molecule has 1 heterocycles. The van der Waals surface area contributed by atoms with Crippen molar-refractivity contribution in [2.45, 2.75) is 63.8 Å². The van der Waals surface area contributed by atoms with E-state index in [1.54, 1.807) is 0 Å². The largest absolute Gasteiger partial charge is 0.365 e. The van der Waals surface area contributed by atoms with Crippen molar-refractivity contribution in [3.63, 3.8) is 0 Å². The molecule has 0 aromatic carbocycles. The monoisotopic (exact) mass is 442 g/mol. The number of halogens is 2. The number of carbonyl (C=O) groups excluding carboxylic acids is 2. The van der Waals surface area contributed by atoms with E-state index in [-0.39, 0.29) is 35.9 Å². The molecular weight excluding hydrogens is 415 g/mol. The van der Waals surface area contributed by atoms with Gasteiger partial charge in [0.15, 0.2) is 11.6 Å². The van der Waals surface area contributed by atoms with Crippen LogP contribution in [0.4, 0.5) is 16.0 Å². The molecule has 2 aliphatic rings. The molecule has 1 aromatic heterocycles. The summed E-state index contributed by atoms with van der Waals surface area (Å²) < 4.78 is 14.8. The molecule has 1 unspecified atom stereocenters. The van der Waals surface area contributed by atoms with Crippen LogP contribution in [0, 0.1) is 17.7 Å². The summed E-state index contributed by atoms with van der Waals surface area (Å²) in [5.41, 5.74) is 4.91. The molecule has 0 bridgehead atoms. The molecule has 9 nitrogen and oxygen atoms in total. The Morgan fingerprint density at radius 3 is 2.50 bits per heavy atom.